The normalized spacial score (nSPS) is 18.5. The van der Waals surface area contributed by atoms with Crippen LogP contribution in [-0.4, -0.2) is 16.7 Å². The summed E-state index contributed by atoms with van der Waals surface area (Å²) in [4.78, 5) is 20.7. The minimum Gasteiger partial charge on any atom is -0.502 e. The van der Waals surface area contributed by atoms with E-state index < -0.39 is 23.2 Å². The fraction of sp³-hybridized carbons (Fsp3) is 0. The van der Waals surface area contributed by atoms with Crippen molar-refractivity contribution in [2.45, 2.75) is 0 Å². The number of allylic oxidation sites excluding steroid dienone is 3. The van der Waals surface area contributed by atoms with Crippen LogP contribution in [0, 0.1) is 0 Å². The Kier molecular flexibility index (Phi) is 1.37. The molecule has 4 heteroatoms. The largest absolute Gasteiger partial charge is 0.502 e. The first-order valence-corrected chi connectivity index (χ1v) is 2.48. The van der Waals surface area contributed by atoms with Crippen molar-refractivity contribution in [1.29, 1.82) is 0 Å². The molecule has 0 bridgehead atoms. The van der Waals surface area contributed by atoms with Gasteiger partial charge in [0.1, 0.15) is 0 Å². The fourth-order valence-corrected chi connectivity index (χ4v) is 0.528. The number of aliphatic hydroxyl groups is 1. The van der Waals surface area contributed by atoms with E-state index in [2.05, 4.69) is 0 Å². The predicted octanol–water partition coefficient (Wildman–Crippen LogP) is 0.433. The molecule has 0 heterocycles. The average molecular weight is 142 g/mol. The highest BCUT2D eigenvalue weighted by molar-refractivity contribution is 6.17. The van der Waals surface area contributed by atoms with Crippen molar-refractivity contribution in [2.75, 3.05) is 0 Å². The lowest BCUT2D eigenvalue weighted by molar-refractivity contribution is -0.118. The molecule has 3 nitrogen and oxygen atoms in total. The summed E-state index contributed by atoms with van der Waals surface area (Å²) in [5.41, 5.74) is 0. The Morgan fingerprint density at radius 1 is 1.20 bits per heavy atom. The zero-order valence-corrected chi connectivity index (χ0v) is 4.80. The molecule has 10 heavy (non-hydrogen) atoms. The highest BCUT2D eigenvalue weighted by Crippen LogP contribution is 2.11. The van der Waals surface area contributed by atoms with E-state index in [1.807, 2.05) is 0 Å². The summed E-state index contributed by atoms with van der Waals surface area (Å²) in [7, 11) is 0. The number of hydrogen-bond donors (Lipinski definition) is 1. The highest BCUT2D eigenvalue weighted by atomic mass is 19.1. The van der Waals surface area contributed by atoms with Gasteiger partial charge in [0.2, 0.25) is 23.2 Å². The molecular weight excluding hydrogens is 139 g/mol. The van der Waals surface area contributed by atoms with E-state index in [1.165, 1.54) is 0 Å². The second-order valence-electron chi connectivity index (χ2n) is 1.72. The maximum atomic E-state index is 12.2. The third-order valence-electron chi connectivity index (χ3n) is 1.04. The number of carbonyl (C=O) groups excluding carboxylic acids is 2. The van der Waals surface area contributed by atoms with Gasteiger partial charge in [-0.05, 0) is 12.2 Å². The number of carbonyl (C=O) groups is 2. The lowest BCUT2D eigenvalue weighted by Crippen LogP contribution is -2.10. The summed E-state index contributed by atoms with van der Waals surface area (Å²) in [6.07, 6.45) is 1.60. The van der Waals surface area contributed by atoms with Crippen molar-refractivity contribution in [2.24, 2.45) is 0 Å². The predicted molar refractivity (Wildman–Crippen MR) is 29.9 cm³/mol. The number of halogens is 1. The van der Waals surface area contributed by atoms with Crippen LogP contribution in [0.1, 0.15) is 0 Å². The molecule has 0 atom stereocenters. The molecule has 1 aliphatic carbocycles. The molecular formula is C6H3FO3. The number of aliphatic hydroxyl groups excluding tert-OH is 1. The summed E-state index contributed by atoms with van der Waals surface area (Å²) in [6, 6.07) is 0. The Morgan fingerprint density at radius 3 is 2.20 bits per heavy atom. The van der Waals surface area contributed by atoms with Crippen molar-refractivity contribution >= 4 is 11.6 Å². The van der Waals surface area contributed by atoms with E-state index in [0.717, 1.165) is 12.2 Å². The minimum atomic E-state index is -1.38. The van der Waals surface area contributed by atoms with Crippen molar-refractivity contribution in [3.8, 4) is 0 Å². The Balaban J connectivity index is 3.12. The van der Waals surface area contributed by atoms with Crippen molar-refractivity contribution in [3.05, 3.63) is 23.7 Å². The van der Waals surface area contributed by atoms with Crippen LogP contribution in [0.2, 0.25) is 0 Å². The van der Waals surface area contributed by atoms with Crippen LogP contribution in [-0.2, 0) is 9.59 Å². The summed E-state index contributed by atoms with van der Waals surface area (Å²) in [5.74, 6) is -4.34. The third kappa shape index (κ3) is 0.834. The molecule has 0 aromatic rings. The van der Waals surface area contributed by atoms with Crippen LogP contribution in [0.15, 0.2) is 23.7 Å². The number of hydrogen-bond acceptors (Lipinski definition) is 3. The minimum absolute atomic E-state index is 0.775. The first-order valence-electron chi connectivity index (χ1n) is 2.48. The van der Waals surface area contributed by atoms with Crippen LogP contribution in [0.5, 0.6) is 0 Å². The molecule has 0 aliphatic heterocycles. The summed E-state index contributed by atoms with van der Waals surface area (Å²) >= 11 is 0. The second kappa shape index (κ2) is 2.06. The van der Waals surface area contributed by atoms with Crippen LogP contribution in [0.25, 0.3) is 0 Å². The van der Waals surface area contributed by atoms with Gasteiger partial charge in [0.15, 0.2) is 0 Å². The molecule has 0 spiro atoms. The first kappa shape index (κ1) is 6.67. The Hall–Kier alpha value is -1.45. The summed E-state index contributed by atoms with van der Waals surface area (Å²) in [6.45, 7) is 0. The summed E-state index contributed by atoms with van der Waals surface area (Å²) < 4.78 is 12.2. The molecule has 1 aliphatic rings. The van der Waals surface area contributed by atoms with Gasteiger partial charge in [-0.1, -0.05) is 0 Å². The first-order chi connectivity index (χ1) is 4.63. The molecule has 0 aromatic carbocycles. The smallest absolute Gasteiger partial charge is 0.223 e. The number of rotatable bonds is 0. The van der Waals surface area contributed by atoms with Gasteiger partial charge >= 0.3 is 0 Å². The SMILES string of the molecule is O=C1C=CC(=O)C(F)=C1O. The third-order valence-corrected chi connectivity index (χ3v) is 1.04. The van der Waals surface area contributed by atoms with Crippen LogP contribution >= 0.6 is 0 Å². The van der Waals surface area contributed by atoms with Gasteiger partial charge < -0.3 is 5.11 Å². The summed E-state index contributed by atoms with van der Waals surface area (Å²) in [5, 5.41) is 8.50. The molecule has 0 fully saturated rings. The molecule has 0 aromatic heterocycles. The molecule has 52 valence electrons. The van der Waals surface area contributed by atoms with Crippen molar-refractivity contribution in [3.63, 3.8) is 0 Å². The van der Waals surface area contributed by atoms with Crippen LogP contribution in [0.3, 0.4) is 0 Å². The molecule has 0 saturated carbocycles. The number of ketones is 2. The van der Waals surface area contributed by atoms with Crippen molar-refractivity contribution < 1.29 is 19.1 Å². The second-order valence-corrected chi connectivity index (χ2v) is 1.72. The van der Waals surface area contributed by atoms with E-state index >= 15 is 0 Å². The average Bonchev–Trinajstić information content (AvgIpc) is 1.93. The molecule has 1 rings (SSSR count). The van der Waals surface area contributed by atoms with Crippen LogP contribution < -0.4 is 0 Å². The van der Waals surface area contributed by atoms with Gasteiger partial charge in [-0.15, -0.1) is 0 Å². The maximum Gasteiger partial charge on any atom is 0.223 e. The van der Waals surface area contributed by atoms with Gasteiger partial charge in [-0.25, -0.2) is 0 Å². The topological polar surface area (TPSA) is 54.4 Å². The lowest BCUT2D eigenvalue weighted by Gasteiger charge is -1.99. The van der Waals surface area contributed by atoms with Gasteiger partial charge in [0, 0.05) is 0 Å². The molecule has 0 amide bonds. The molecule has 0 radical (unpaired) electrons. The lowest BCUT2D eigenvalue weighted by atomic mass is 10.1. The van der Waals surface area contributed by atoms with Gasteiger partial charge in [0.05, 0.1) is 0 Å². The standard InChI is InChI=1S/C6H3FO3/c7-5-3(8)1-2-4(9)6(5)10/h1-2,10H. The Morgan fingerprint density at radius 2 is 1.70 bits per heavy atom. The zero-order valence-electron chi connectivity index (χ0n) is 4.80. The van der Waals surface area contributed by atoms with E-state index in [0.29, 0.717) is 0 Å². The van der Waals surface area contributed by atoms with Crippen LogP contribution in [0.4, 0.5) is 4.39 Å². The van der Waals surface area contributed by atoms with E-state index in [-0.39, 0.29) is 0 Å². The van der Waals surface area contributed by atoms with E-state index in [9.17, 15) is 14.0 Å². The highest BCUT2D eigenvalue weighted by Gasteiger charge is 2.21. The van der Waals surface area contributed by atoms with E-state index in [4.69, 9.17) is 5.11 Å². The van der Waals surface area contributed by atoms with Gasteiger partial charge in [-0.3, -0.25) is 9.59 Å². The van der Waals surface area contributed by atoms with E-state index in [1.54, 1.807) is 0 Å². The maximum absolute atomic E-state index is 12.2. The van der Waals surface area contributed by atoms with Gasteiger partial charge in [-0.2, -0.15) is 4.39 Å². The fourth-order valence-electron chi connectivity index (χ4n) is 0.528. The van der Waals surface area contributed by atoms with Crippen molar-refractivity contribution in [1.82, 2.24) is 0 Å². The molecule has 0 saturated heterocycles. The molecule has 0 unspecified atom stereocenters. The zero-order chi connectivity index (χ0) is 7.72. The molecule has 1 N–H and O–H groups in total. The Bertz CT molecular complexity index is 236. The van der Waals surface area contributed by atoms with Gasteiger partial charge in [0.25, 0.3) is 0 Å². The Labute approximate surface area is 55.5 Å². The quantitative estimate of drug-likeness (QED) is 0.499. The monoisotopic (exact) mass is 142 g/mol.